The number of fused-ring (bicyclic) bond motifs is 3. The smallest absolute Gasteiger partial charge is 0.121 e. The quantitative estimate of drug-likeness (QED) is 0.569. The summed E-state index contributed by atoms with van der Waals surface area (Å²) in [4.78, 5) is 7.39. The van der Waals surface area contributed by atoms with E-state index in [1.54, 1.807) is 6.07 Å². The van der Waals surface area contributed by atoms with E-state index in [1.165, 1.54) is 0 Å². The van der Waals surface area contributed by atoms with Crippen LogP contribution in [0, 0.1) is 0 Å². The molecule has 0 saturated heterocycles. The second-order valence-electron chi connectivity index (χ2n) is 4.45. The number of benzene rings is 1. The van der Waals surface area contributed by atoms with Gasteiger partial charge in [-0.15, -0.1) is 0 Å². The average Bonchev–Trinajstić information content (AvgIpc) is 2.84. The number of aromatic nitrogens is 2. The molecule has 0 bridgehead atoms. The van der Waals surface area contributed by atoms with Gasteiger partial charge in [0.1, 0.15) is 6.10 Å². The van der Waals surface area contributed by atoms with Gasteiger partial charge in [-0.05, 0) is 12.1 Å². The molecule has 0 fully saturated rings. The first kappa shape index (κ1) is 12.1. The number of aromatic amines is 1. The summed E-state index contributed by atoms with van der Waals surface area (Å²) in [6, 6.07) is 9.53. The molecule has 5 nitrogen and oxygen atoms in total. The molecule has 5 heteroatoms. The zero-order valence-electron chi connectivity index (χ0n) is 10.2. The van der Waals surface area contributed by atoms with Crippen molar-refractivity contribution in [3.8, 4) is 0 Å². The number of nitrogens with one attached hydrogen (secondary N) is 1. The molecule has 0 aliphatic rings. The van der Waals surface area contributed by atoms with Crippen LogP contribution in [-0.4, -0.2) is 31.9 Å². The number of hydrogen-bond acceptors (Lipinski definition) is 4. The van der Waals surface area contributed by atoms with Crippen LogP contribution in [0.4, 0.5) is 0 Å². The van der Waals surface area contributed by atoms with Gasteiger partial charge >= 0.3 is 0 Å². The van der Waals surface area contributed by atoms with Crippen LogP contribution in [-0.2, 0) is 6.61 Å². The number of aliphatic hydroxyl groups excluding tert-OH is 3. The number of nitrogens with zero attached hydrogens (tertiary/aromatic N) is 1. The Balaban J connectivity index is 2.40. The third-order valence-corrected chi connectivity index (χ3v) is 3.23. The number of para-hydroxylation sites is 1. The summed E-state index contributed by atoms with van der Waals surface area (Å²) in [5, 5.41) is 30.1. The lowest BCUT2D eigenvalue weighted by atomic mass is 10.1. The molecule has 19 heavy (non-hydrogen) atoms. The van der Waals surface area contributed by atoms with Crippen LogP contribution < -0.4 is 0 Å². The molecule has 2 heterocycles. The fourth-order valence-electron chi connectivity index (χ4n) is 2.33. The van der Waals surface area contributed by atoms with Gasteiger partial charge in [-0.25, -0.2) is 0 Å². The molecule has 1 aromatic carbocycles. The van der Waals surface area contributed by atoms with E-state index in [0.717, 1.165) is 16.3 Å². The maximum Gasteiger partial charge on any atom is 0.121 e. The zero-order chi connectivity index (χ0) is 13.4. The Hall–Kier alpha value is -1.95. The minimum Gasteiger partial charge on any atom is -0.393 e. The Kier molecular flexibility index (Phi) is 2.94. The van der Waals surface area contributed by atoms with Gasteiger partial charge in [0, 0.05) is 16.3 Å². The highest BCUT2D eigenvalue weighted by molar-refractivity contribution is 6.08. The highest BCUT2D eigenvalue weighted by Gasteiger charge is 2.16. The molecule has 0 saturated carbocycles. The van der Waals surface area contributed by atoms with Crippen molar-refractivity contribution < 1.29 is 15.3 Å². The minimum atomic E-state index is -1.07. The number of hydrogen-bond donors (Lipinski definition) is 4. The lowest BCUT2D eigenvalue weighted by Gasteiger charge is -2.09. The maximum atomic E-state index is 9.86. The Morgan fingerprint density at radius 2 is 1.95 bits per heavy atom. The lowest BCUT2D eigenvalue weighted by molar-refractivity contribution is 0.0929. The van der Waals surface area contributed by atoms with E-state index in [1.807, 2.05) is 24.3 Å². The van der Waals surface area contributed by atoms with Crippen LogP contribution >= 0.6 is 0 Å². The summed E-state index contributed by atoms with van der Waals surface area (Å²) < 4.78 is 0. The SMILES string of the molecule is OCc1cc2c([nH]c3ccccc32)c([C@@H](O)CO)n1. The Bertz CT molecular complexity index is 736. The van der Waals surface area contributed by atoms with Crippen molar-refractivity contribution >= 4 is 21.8 Å². The fourth-order valence-corrected chi connectivity index (χ4v) is 2.33. The molecular formula is C14H14N2O3. The predicted molar refractivity (Wildman–Crippen MR) is 71.6 cm³/mol. The molecule has 0 aliphatic carbocycles. The number of rotatable bonds is 3. The van der Waals surface area contributed by atoms with Gasteiger partial charge in [0.15, 0.2) is 0 Å². The van der Waals surface area contributed by atoms with Crippen LogP contribution in [0.1, 0.15) is 17.5 Å². The van der Waals surface area contributed by atoms with Gasteiger partial charge in [0.25, 0.3) is 0 Å². The molecule has 98 valence electrons. The Morgan fingerprint density at radius 3 is 2.68 bits per heavy atom. The molecule has 0 amide bonds. The first-order chi connectivity index (χ1) is 9.24. The topological polar surface area (TPSA) is 89.4 Å². The van der Waals surface area contributed by atoms with Gasteiger partial charge in [-0.2, -0.15) is 0 Å². The summed E-state index contributed by atoms with van der Waals surface area (Å²) >= 11 is 0. The Labute approximate surface area is 109 Å². The molecule has 3 rings (SSSR count). The van der Waals surface area contributed by atoms with Gasteiger partial charge in [0.05, 0.1) is 30.1 Å². The molecule has 0 spiro atoms. The summed E-state index contributed by atoms with van der Waals surface area (Å²) in [6.07, 6.45) is -1.07. The number of pyridine rings is 1. The first-order valence-corrected chi connectivity index (χ1v) is 6.04. The molecule has 1 atom stereocenters. The maximum absolute atomic E-state index is 9.86. The zero-order valence-corrected chi connectivity index (χ0v) is 10.2. The molecular weight excluding hydrogens is 244 g/mol. The van der Waals surface area contributed by atoms with Crippen molar-refractivity contribution in [2.75, 3.05) is 6.61 Å². The van der Waals surface area contributed by atoms with Crippen LogP contribution in [0.15, 0.2) is 30.3 Å². The van der Waals surface area contributed by atoms with Crippen LogP contribution in [0.5, 0.6) is 0 Å². The fraction of sp³-hybridized carbons (Fsp3) is 0.214. The van der Waals surface area contributed by atoms with E-state index < -0.39 is 12.7 Å². The van der Waals surface area contributed by atoms with Gasteiger partial charge in [-0.3, -0.25) is 4.98 Å². The molecule has 0 unspecified atom stereocenters. The van der Waals surface area contributed by atoms with Gasteiger partial charge in [-0.1, -0.05) is 18.2 Å². The highest BCUT2D eigenvalue weighted by atomic mass is 16.3. The van der Waals surface area contributed by atoms with Crippen LogP contribution in [0.25, 0.3) is 21.8 Å². The van der Waals surface area contributed by atoms with E-state index in [4.69, 9.17) is 5.11 Å². The van der Waals surface area contributed by atoms with Crippen LogP contribution in [0.3, 0.4) is 0 Å². The van der Waals surface area contributed by atoms with Gasteiger partial charge < -0.3 is 20.3 Å². The predicted octanol–water partition coefficient (Wildman–Crippen LogP) is 1.23. The first-order valence-electron chi connectivity index (χ1n) is 6.04. The van der Waals surface area contributed by atoms with Crippen molar-refractivity contribution in [3.63, 3.8) is 0 Å². The van der Waals surface area contributed by atoms with Crippen molar-refractivity contribution in [2.24, 2.45) is 0 Å². The molecule has 4 N–H and O–H groups in total. The van der Waals surface area contributed by atoms with Crippen LogP contribution in [0.2, 0.25) is 0 Å². The minimum absolute atomic E-state index is 0.208. The summed E-state index contributed by atoms with van der Waals surface area (Å²) in [6.45, 7) is -0.618. The van der Waals surface area contributed by atoms with Crippen molar-refractivity contribution in [1.82, 2.24) is 9.97 Å². The summed E-state index contributed by atoms with van der Waals surface area (Å²) in [5.41, 5.74) is 2.46. The lowest BCUT2D eigenvalue weighted by Crippen LogP contribution is -2.07. The second-order valence-corrected chi connectivity index (χ2v) is 4.45. The third-order valence-electron chi connectivity index (χ3n) is 3.23. The highest BCUT2D eigenvalue weighted by Crippen LogP contribution is 2.30. The average molecular weight is 258 g/mol. The second kappa shape index (κ2) is 4.62. The molecule has 2 aromatic heterocycles. The van der Waals surface area contributed by atoms with E-state index in [2.05, 4.69) is 9.97 Å². The largest absolute Gasteiger partial charge is 0.393 e. The standard InChI is InChI=1S/C14H14N2O3/c17-6-8-5-10-9-3-1-2-4-11(9)16-13(10)14(15-8)12(19)7-18/h1-5,12,16-19H,6-7H2/t12-/m0/s1. The summed E-state index contributed by atoms with van der Waals surface area (Å²) in [7, 11) is 0. The van der Waals surface area contributed by atoms with E-state index in [-0.39, 0.29) is 6.61 Å². The Morgan fingerprint density at radius 1 is 1.16 bits per heavy atom. The molecule has 3 aromatic rings. The van der Waals surface area contributed by atoms with E-state index in [9.17, 15) is 10.2 Å². The van der Waals surface area contributed by atoms with E-state index in [0.29, 0.717) is 16.9 Å². The summed E-state index contributed by atoms with van der Waals surface area (Å²) in [5.74, 6) is 0. The number of H-pyrrole nitrogens is 1. The van der Waals surface area contributed by atoms with Crippen molar-refractivity contribution in [3.05, 3.63) is 41.7 Å². The van der Waals surface area contributed by atoms with Crippen molar-refractivity contribution in [2.45, 2.75) is 12.7 Å². The molecule has 0 radical (unpaired) electrons. The van der Waals surface area contributed by atoms with Crippen molar-refractivity contribution in [1.29, 1.82) is 0 Å². The normalized spacial score (nSPS) is 13.2. The monoisotopic (exact) mass is 258 g/mol. The van der Waals surface area contributed by atoms with Gasteiger partial charge in [0.2, 0.25) is 0 Å². The number of aliphatic hydroxyl groups is 3. The molecule has 0 aliphatic heterocycles. The van der Waals surface area contributed by atoms with E-state index >= 15 is 0 Å². The third kappa shape index (κ3) is 1.88.